The smallest absolute Gasteiger partial charge is 0.0162 e. The summed E-state index contributed by atoms with van der Waals surface area (Å²) in [5.74, 6) is 0. The molecule has 0 aromatic rings. The van der Waals surface area contributed by atoms with Crippen LogP contribution in [0, 0.1) is 0 Å². The fourth-order valence-electron chi connectivity index (χ4n) is 7.04. The number of nitrogens with zero attached hydrogens (tertiary/aromatic N) is 2. The van der Waals surface area contributed by atoms with E-state index in [0.29, 0.717) is 8.64 Å². The van der Waals surface area contributed by atoms with Crippen molar-refractivity contribution in [3.8, 4) is 0 Å². The van der Waals surface area contributed by atoms with Crippen molar-refractivity contribution in [2.24, 2.45) is 0 Å². The van der Waals surface area contributed by atoms with Gasteiger partial charge < -0.3 is 86.5 Å². The molecule has 9 heteroatoms. The number of thiocarbonyl (C=S) groups is 2. The molecule has 55 heavy (non-hydrogen) atoms. The third-order valence-corrected chi connectivity index (χ3v) is 11.7. The summed E-state index contributed by atoms with van der Waals surface area (Å²) in [5.41, 5.74) is 0. The minimum atomic E-state index is 0. The molecule has 0 amide bonds. The van der Waals surface area contributed by atoms with Crippen molar-refractivity contribution in [3.63, 3.8) is 0 Å². The molecule has 0 rings (SSSR count). The Kier molecular flexibility index (Phi) is 69.0. The van der Waals surface area contributed by atoms with Gasteiger partial charge in [-0.3, -0.25) is 0 Å². The van der Waals surface area contributed by atoms with Crippen LogP contribution in [0.2, 0.25) is 0 Å². The summed E-state index contributed by atoms with van der Waals surface area (Å²) in [7, 11) is 0. The third kappa shape index (κ3) is 55.6. The molecule has 0 aromatic carbocycles. The monoisotopic (exact) mass is 962 g/mol. The first-order valence-corrected chi connectivity index (χ1v) is 25.0. The molecule has 0 aliphatic heterocycles. The SMILES string of the molecule is CCCCCCCCCCCN(CCCCCCCCCCC)C(=S)[S-].CCCCCCCCCCCN(CCCCCCCCCCC)C(=S)[S-].[Mo].[S-2].[S-2]. The molecule has 0 saturated carbocycles. The zero-order valence-electron chi connectivity index (χ0n) is 37.0. The molecule has 0 bridgehead atoms. The van der Waals surface area contributed by atoms with Gasteiger partial charge in [-0.05, 0) is 25.7 Å². The van der Waals surface area contributed by atoms with Crippen LogP contribution in [0.1, 0.15) is 259 Å². The summed E-state index contributed by atoms with van der Waals surface area (Å²) >= 11 is 21.1. The molecule has 0 atom stereocenters. The van der Waals surface area contributed by atoms with Crippen molar-refractivity contribution in [2.45, 2.75) is 259 Å². The average molecular weight is 962 g/mol. The van der Waals surface area contributed by atoms with Gasteiger partial charge in [0, 0.05) is 47.2 Å². The second-order valence-electron chi connectivity index (χ2n) is 15.8. The van der Waals surface area contributed by atoms with Crippen LogP contribution in [0.3, 0.4) is 0 Å². The zero-order chi connectivity index (χ0) is 38.6. The van der Waals surface area contributed by atoms with Crippen LogP contribution in [0.4, 0.5) is 0 Å². The predicted molar refractivity (Wildman–Crippen MR) is 267 cm³/mol. The molecule has 0 fully saturated rings. The van der Waals surface area contributed by atoms with E-state index in [-0.39, 0.29) is 48.1 Å². The molecule has 0 unspecified atom stereocenters. The standard InChI is InChI=1S/2C23H47NS2.Mo.2S/c2*1-3-5-7-9-11-13-15-17-19-21-24(23(25)26)22-20-18-16-14-12-10-8-6-4-2;;;/h2*3-22H2,1-2H3,(H,25,26);;;/q;;;2*-2/p-2. The normalized spacial score (nSPS) is 10.4. The first kappa shape index (κ1) is 65.7. The van der Waals surface area contributed by atoms with Crippen LogP contribution in [0.15, 0.2) is 0 Å². The van der Waals surface area contributed by atoms with E-state index in [9.17, 15) is 0 Å². The van der Waals surface area contributed by atoms with Gasteiger partial charge in [0.05, 0.1) is 0 Å². The van der Waals surface area contributed by atoms with E-state index in [1.54, 1.807) is 0 Å². The molecule has 0 aliphatic carbocycles. The summed E-state index contributed by atoms with van der Waals surface area (Å²) in [4.78, 5) is 4.54. The van der Waals surface area contributed by atoms with Crippen LogP contribution in [-0.4, -0.2) is 44.6 Å². The molecule has 0 spiro atoms. The van der Waals surface area contributed by atoms with E-state index in [2.05, 4.69) is 37.5 Å². The Morgan fingerprint density at radius 3 is 0.545 bits per heavy atom. The van der Waals surface area contributed by atoms with Gasteiger partial charge in [0.1, 0.15) is 0 Å². The van der Waals surface area contributed by atoms with Crippen LogP contribution in [0.5, 0.6) is 0 Å². The molecule has 0 aromatic heterocycles. The van der Waals surface area contributed by atoms with Gasteiger partial charge in [0.2, 0.25) is 0 Å². The van der Waals surface area contributed by atoms with Gasteiger partial charge in [-0.2, -0.15) is 0 Å². The Labute approximate surface area is 397 Å². The maximum atomic E-state index is 5.28. The molecular formula is C46H92MoN2S6-6. The Morgan fingerprint density at radius 1 is 0.291 bits per heavy atom. The molecule has 0 radical (unpaired) electrons. The number of hydrogen-bond donors (Lipinski definition) is 0. The van der Waals surface area contributed by atoms with Crippen LogP contribution in [0.25, 0.3) is 0 Å². The topological polar surface area (TPSA) is 6.48 Å². The summed E-state index contributed by atoms with van der Waals surface area (Å²) in [6.45, 7) is 13.4. The van der Waals surface area contributed by atoms with Crippen LogP contribution >= 0.6 is 24.4 Å². The molecule has 0 N–H and O–H groups in total. The number of rotatable bonds is 40. The van der Waals surface area contributed by atoms with Gasteiger partial charge in [0.25, 0.3) is 0 Å². The zero-order valence-corrected chi connectivity index (χ0v) is 43.9. The van der Waals surface area contributed by atoms with E-state index >= 15 is 0 Å². The Hall–Kier alpha value is 1.61. The third-order valence-electron chi connectivity index (χ3n) is 10.6. The predicted octanol–water partition coefficient (Wildman–Crippen LogP) is 16.4. The Morgan fingerprint density at radius 2 is 0.418 bits per heavy atom. The van der Waals surface area contributed by atoms with Crippen molar-refractivity contribution in [1.29, 1.82) is 0 Å². The van der Waals surface area contributed by atoms with E-state index in [4.69, 9.17) is 49.7 Å². The average Bonchev–Trinajstić information content (AvgIpc) is 3.13. The van der Waals surface area contributed by atoms with E-state index in [1.165, 1.54) is 231 Å². The summed E-state index contributed by atoms with van der Waals surface area (Å²) < 4.78 is 1.37. The molecule has 2 nitrogen and oxygen atoms in total. The van der Waals surface area contributed by atoms with Crippen LogP contribution < -0.4 is 0 Å². The van der Waals surface area contributed by atoms with Crippen molar-refractivity contribution in [1.82, 2.24) is 9.80 Å². The Bertz CT molecular complexity index is 616. The fraction of sp³-hybridized carbons (Fsp3) is 0.957. The molecule has 0 saturated heterocycles. The van der Waals surface area contributed by atoms with Gasteiger partial charge in [0.15, 0.2) is 0 Å². The Balaban J connectivity index is -0.000000287. The minimum Gasteiger partial charge on any atom is -2.00 e. The van der Waals surface area contributed by atoms with Crippen molar-refractivity contribution >= 4 is 85.3 Å². The van der Waals surface area contributed by atoms with Crippen molar-refractivity contribution in [2.75, 3.05) is 26.2 Å². The van der Waals surface area contributed by atoms with Gasteiger partial charge >= 0.3 is 0 Å². The van der Waals surface area contributed by atoms with E-state index < -0.39 is 0 Å². The second-order valence-corrected chi connectivity index (χ2v) is 17.9. The maximum absolute atomic E-state index is 5.28. The van der Waals surface area contributed by atoms with Crippen LogP contribution in [-0.2, 0) is 73.3 Å². The molecule has 0 heterocycles. The van der Waals surface area contributed by atoms with E-state index in [1.807, 2.05) is 0 Å². The number of hydrogen-bond acceptors (Lipinski definition) is 4. The maximum Gasteiger partial charge on any atom is 0.0162 e. The molecule has 334 valence electrons. The first-order chi connectivity index (χ1) is 25.4. The van der Waals surface area contributed by atoms with Gasteiger partial charge in [-0.1, -0.05) is 242 Å². The minimum absolute atomic E-state index is 0. The van der Waals surface area contributed by atoms with Crippen molar-refractivity contribution in [3.05, 3.63) is 0 Å². The van der Waals surface area contributed by atoms with E-state index in [0.717, 1.165) is 26.2 Å². The van der Waals surface area contributed by atoms with Gasteiger partial charge in [-0.15, -0.1) is 0 Å². The van der Waals surface area contributed by atoms with Gasteiger partial charge in [-0.25, -0.2) is 0 Å². The quantitative estimate of drug-likeness (QED) is 0.0259. The summed E-state index contributed by atoms with van der Waals surface area (Å²) in [6.07, 6.45) is 49.5. The second kappa shape index (κ2) is 57.7. The molecular weight excluding hydrogens is 869 g/mol. The largest absolute Gasteiger partial charge is 2.00 e. The molecule has 0 aliphatic rings. The number of unbranched alkanes of at least 4 members (excludes halogenated alkanes) is 32. The summed E-state index contributed by atoms with van der Waals surface area (Å²) in [5, 5.41) is 0. The first-order valence-electron chi connectivity index (χ1n) is 23.4. The summed E-state index contributed by atoms with van der Waals surface area (Å²) in [6, 6.07) is 0. The fourth-order valence-corrected chi connectivity index (χ4v) is 7.77. The van der Waals surface area contributed by atoms with Crippen molar-refractivity contribution < 1.29 is 21.1 Å².